The van der Waals surface area contributed by atoms with E-state index < -0.39 is 11.7 Å². The van der Waals surface area contributed by atoms with Crippen molar-refractivity contribution in [2.75, 3.05) is 40.0 Å². The summed E-state index contributed by atoms with van der Waals surface area (Å²) in [5.74, 6) is -0.0482. The highest BCUT2D eigenvalue weighted by molar-refractivity contribution is 5.75. The summed E-state index contributed by atoms with van der Waals surface area (Å²) in [7, 11) is 1.66. The van der Waals surface area contributed by atoms with Crippen molar-refractivity contribution in [1.82, 2.24) is 10.6 Å². The predicted octanol–water partition coefficient (Wildman–Crippen LogP) is 2.67. The lowest BCUT2D eigenvalue weighted by Crippen LogP contribution is -2.59. The lowest BCUT2D eigenvalue weighted by molar-refractivity contribution is -0.172. The van der Waals surface area contributed by atoms with Crippen molar-refractivity contribution < 1.29 is 28.5 Å². The number of nitrogens with one attached hydrogen (secondary N) is 2. The Bertz CT molecular complexity index is 688. The van der Waals surface area contributed by atoms with Crippen LogP contribution in [0.2, 0.25) is 0 Å². The van der Waals surface area contributed by atoms with Crippen LogP contribution in [-0.2, 0) is 23.7 Å². The highest BCUT2D eigenvalue weighted by Gasteiger charge is 2.64. The highest BCUT2D eigenvalue weighted by atomic mass is 16.6. The second-order valence-corrected chi connectivity index (χ2v) is 10.1. The normalized spacial score (nSPS) is 26.1. The Hall–Kier alpha value is -1.68. The fourth-order valence-corrected chi connectivity index (χ4v) is 4.85. The number of nitrogens with two attached hydrogens (primary N) is 1. The molecule has 1 heterocycles. The first-order valence-electron chi connectivity index (χ1n) is 12.5. The van der Waals surface area contributed by atoms with Crippen molar-refractivity contribution in [3.05, 3.63) is 11.6 Å². The second kappa shape index (κ2) is 13.4. The Morgan fingerprint density at radius 2 is 1.91 bits per heavy atom. The van der Waals surface area contributed by atoms with E-state index in [0.717, 1.165) is 25.7 Å². The monoisotopic (exact) mass is 483 g/mol. The molecule has 1 saturated carbocycles. The van der Waals surface area contributed by atoms with Crippen LogP contribution in [0.25, 0.3) is 0 Å². The Morgan fingerprint density at radius 1 is 1.18 bits per heavy atom. The number of allylic oxidation sites excluding steroid dienone is 1. The fourth-order valence-electron chi connectivity index (χ4n) is 4.85. The van der Waals surface area contributed by atoms with Crippen LogP contribution >= 0.6 is 0 Å². The molecule has 1 saturated heterocycles. The second-order valence-electron chi connectivity index (χ2n) is 10.1. The van der Waals surface area contributed by atoms with Crippen LogP contribution in [0.5, 0.6) is 0 Å². The molecule has 2 rings (SSSR count). The summed E-state index contributed by atoms with van der Waals surface area (Å²) in [6, 6.07) is 0. The van der Waals surface area contributed by atoms with E-state index in [-0.39, 0.29) is 29.6 Å². The van der Waals surface area contributed by atoms with E-state index in [9.17, 15) is 9.59 Å². The lowest BCUT2D eigenvalue weighted by atomic mass is 9.68. The summed E-state index contributed by atoms with van der Waals surface area (Å²) < 4.78 is 23.9. The van der Waals surface area contributed by atoms with Crippen LogP contribution in [0.3, 0.4) is 0 Å². The Balaban J connectivity index is 1.82. The van der Waals surface area contributed by atoms with E-state index in [0.29, 0.717) is 45.7 Å². The molecule has 1 aliphatic heterocycles. The maximum Gasteiger partial charge on any atom is 0.407 e. The van der Waals surface area contributed by atoms with Gasteiger partial charge >= 0.3 is 6.09 Å². The molecule has 9 heteroatoms. The molecule has 3 unspecified atom stereocenters. The van der Waals surface area contributed by atoms with E-state index in [1.165, 1.54) is 5.57 Å². The van der Waals surface area contributed by atoms with E-state index in [1.807, 2.05) is 13.8 Å². The Kier molecular flexibility index (Phi) is 11.3. The van der Waals surface area contributed by atoms with Gasteiger partial charge in [-0.2, -0.15) is 0 Å². The van der Waals surface area contributed by atoms with Gasteiger partial charge in [0.25, 0.3) is 0 Å². The zero-order chi connectivity index (χ0) is 25.2. The number of carbonyl (C=O) groups excluding carboxylic acids is 2. The van der Waals surface area contributed by atoms with Crippen LogP contribution in [0.4, 0.5) is 4.79 Å². The number of hydrogen-bond donors (Lipinski definition) is 3. The number of methoxy groups -OCH3 is 1. The van der Waals surface area contributed by atoms with E-state index in [2.05, 4.69) is 30.6 Å². The van der Waals surface area contributed by atoms with Crippen LogP contribution in [0.1, 0.15) is 66.2 Å². The van der Waals surface area contributed by atoms with Gasteiger partial charge in [0.05, 0.1) is 24.4 Å². The maximum absolute atomic E-state index is 12.5. The zero-order valence-electron chi connectivity index (χ0n) is 21.6. The topological polar surface area (TPSA) is 124 Å². The molecule has 0 aromatic rings. The van der Waals surface area contributed by atoms with E-state index in [4.69, 9.17) is 24.7 Å². The molecule has 0 aromatic heterocycles. The molecule has 4 N–H and O–H groups in total. The van der Waals surface area contributed by atoms with Crippen molar-refractivity contribution in [3.63, 3.8) is 0 Å². The van der Waals surface area contributed by atoms with Gasteiger partial charge in [0.1, 0.15) is 12.2 Å². The molecule has 2 amide bonds. The molecule has 34 heavy (non-hydrogen) atoms. The minimum Gasteiger partial charge on any atom is -0.443 e. The number of unbranched alkanes of at least 4 members (excludes halogenated alkanes) is 2. The third kappa shape index (κ3) is 8.52. The van der Waals surface area contributed by atoms with Crippen molar-refractivity contribution in [1.29, 1.82) is 0 Å². The molecule has 1 aliphatic carbocycles. The summed E-state index contributed by atoms with van der Waals surface area (Å²) in [5, 5.41) is 5.58. The average Bonchev–Trinajstić information content (AvgIpc) is 3.54. The van der Waals surface area contributed by atoms with Gasteiger partial charge < -0.3 is 35.3 Å². The quantitative estimate of drug-likeness (QED) is 0.197. The summed E-state index contributed by atoms with van der Waals surface area (Å²) in [6.07, 6.45) is 5.27. The van der Waals surface area contributed by atoms with Gasteiger partial charge in [0.2, 0.25) is 5.91 Å². The first-order valence-corrected chi connectivity index (χ1v) is 12.5. The molecule has 0 bridgehead atoms. The van der Waals surface area contributed by atoms with Gasteiger partial charge in [-0.1, -0.05) is 18.1 Å². The molecule has 1 spiro atoms. The van der Waals surface area contributed by atoms with Crippen LogP contribution in [-0.4, -0.2) is 75.4 Å². The standard InChI is InChI=1S/C25H45N3O6/c1-18(2)11-16-32-24(3,4)22-21(31-5)19(10-12-25(22)17-33-25)34-23(30)28-14-8-6-7-9-20(29)27-15-13-26/h11,19,21-22H,6-10,12-17,26H2,1-5H3,(H,27,29)(H,28,30)/t19?,21?,22?,25-/m0/s1. The number of amides is 2. The number of ether oxygens (including phenoxy) is 4. The fraction of sp³-hybridized carbons (Fsp3) is 0.840. The lowest BCUT2D eigenvalue weighted by Gasteiger charge is -2.47. The summed E-state index contributed by atoms with van der Waals surface area (Å²) >= 11 is 0. The highest BCUT2D eigenvalue weighted by Crippen LogP contribution is 2.52. The Labute approximate surface area is 204 Å². The van der Waals surface area contributed by atoms with Crippen molar-refractivity contribution in [2.45, 2.75) is 89.6 Å². The molecule has 4 atom stereocenters. The predicted molar refractivity (Wildman–Crippen MR) is 130 cm³/mol. The number of epoxide rings is 1. The third-order valence-electron chi connectivity index (χ3n) is 6.67. The summed E-state index contributed by atoms with van der Waals surface area (Å²) in [6.45, 7) is 10.8. The van der Waals surface area contributed by atoms with Crippen molar-refractivity contribution in [2.24, 2.45) is 11.7 Å². The SMILES string of the molecule is COC1C(OC(=O)NCCCCCC(=O)NCCN)CC[C@]2(CO2)C1C(C)(C)OCC=C(C)C. The van der Waals surface area contributed by atoms with Gasteiger partial charge in [-0.3, -0.25) is 4.79 Å². The van der Waals surface area contributed by atoms with Gasteiger partial charge in [-0.05, 0) is 53.4 Å². The first kappa shape index (κ1) is 28.6. The molecule has 196 valence electrons. The van der Waals surface area contributed by atoms with Gasteiger partial charge in [0, 0.05) is 39.1 Å². The number of rotatable bonds is 14. The molecular weight excluding hydrogens is 438 g/mol. The molecule has 0 aromatic carbocycles. The zero-order valence-corrected chi connectivity index (χ0v) is 21.6. The number of hydrogen-bond acceptors (Lipinski definition) is 7. The largest absolute Gasteiger partial charge is 0.443 e. The first-order chi connectivity index (χ1) is 16.1. The third-order valence-corrected chi connectivity index (χ3v) is 6.67. The summed E-state index contributed by atoms with van der Waals surface area (Å²) in [4.78, 5) is 24.0. The van der Waals surface area contributed by atoms with Gasteiger partial charge in [0.15, 0.2) is 0 Å². The number of alkyl carbamates (subject to hydrolysis) is 1. The van der Waals surface area contributed by atoms with Gasteiger partial charge in [-0.25, -0.2) is 4.79 Å². The molecule has 2 fully saturated rings. The smallest absolute Gasteiger partial charge is 0.407 e. The minimum atomic E-state index is -0.516. The van der Waals surface area contributed by atoms with Crippen LogP contribution < -0.4 is 16.4 Å². The molecule has 2 aliphatic rings. The maximum atomic E-state index is 12.5. The minimum absolute atomic E-state index is 0.0143. The molecule has 0 radical (unpaired) electrons. The van der Waals surface area contributed by atoms with Crippen molar-refractivity contribution in [3.8, 4) is 0 Å². The number of carbonyl (C=O) groups is 2. The van der Waals surface area contributed by atoms with Crippen LogP contribution in [0, 0.1) is 5.92 Å². The molecule has 9 nitrogen and oxygen atoms in total. The van der Waals surface area contributed by atoms with Crippen molar-refractivity contribution >= 4 is 12.0 Å². The summed E-state index contributed by atoms with van der Waals surface area (Å²) in [5.41, 5.74) is 5.78. The van der Waals surface area contributed by atoms with Gasteiger partial charge in [-0.15, -0.1) is 0 Å². The van der Waals surface area contributed by atoms with E-state index in [1.54, 1.807) is 7.11 Å². The average molecular weight is 484 g/mol. The van der Waals surface area contributed by atoms with E-state index >= 15 is 0 Å². The van der Waals surface area contributed by atoms with Crippen LogP contribution in [0.15, 0.2) is 11.6 Å². The molecular formula is C25H45N3O6. The Morgan fingerprint density at radius 3 is 2.53 bits per heavy atom.